The number of nitrogens with zero attached hydrogens (tertiary/aromatic N) is 1. The van der Waals surface area contributed by atoms with E-state index < -0.39 is 0 Å². The Morgan fingerprint density at radius 3 is 2.70 bits per heavy atom. The normalized spacial score (nSPS) is 34.1. The number of hydrogen-bond acceptors (Lipinski definition) is 2. The number of likely N-dealkylation sites (N-methyl/N-ethyl adjacent to an activating group) is 1. The molecule has 3 nitrogen and oxygen atoms in total. The predicted octanol–water partition coefficient (Wildman–Crippen LogP) is 3.05. The Morgan fingerprint density at radius 1 is 1.35 bits per heavy atom. The van der Waals surface area contributed by atoms with Crippen molar-refractivity contribution < 1.29 is 4.79 Å². The fourth-order valence-corrected chi connectivity index (χ4v) is 4.50. The van der Waals surface area contributed by atoms with Gasteiger partial charge in [0, 0.05) is 19.0 Å². The first kappa shape index (κ1) is 15.8. The van der Waals surface area contributed by atoms with Crippen LogP contribution in [0.2, 0.25) is 0 Å². The highest BCUT2D eigenvalue weighted by Crippen LogP contribution is 2.42. The van der Waals surface area contributed by atoms with Crippen molar-refractivity contribution >= 4 is 5.91 Å². The third-order valence-electron chi connectivity index (χ3n) is 5.16. The molecule has 1 heterocycles. The van der Waals surface area contributed by atoms with Crippen LogP contribution in [0, 0.1) is 17.3 Å². The van der Waals surface area contributed by atoms with E-state index in [0.717, 1.165) is 18.9 Å². The van der Waals surface area contributed by atoms with Crippen molar-refractivity contribution in [3.8, 4) is 0 Å². The van der Waals surface area contributed by atoms with Gasteiger partial charge in [-0.2, -0.15) is 0 Å². The summed E-state index contributed by atoms with van der Waals surface area (Å²) in [5.74, 6) is 1.60. The molecule has 20 heavy (non-hydrogen) atoms. The van der Waals surface area contributed by atoms with Gasteiger partial charge in [-0.25, -0.2) is 0 Å². The van der Waals surface area contributed by atoms with Crippen molar-refractivity contribution in [2.75, 3.05) is 20.1 Å². The van der Waals surface area contributed by atoms with Crippen LogP contribution >= 0.6 is 0 Å². The summed E-state index contributed by atoms with van der Waals surface area (Å²) in [4.78, 5) is 14.5. The maximum atomic E-state index is 12.2. The largest absolute Gasteiger partial charge is 0.355 e. The summed E-state index contributed by atoms with van der Waals surface area (Å²) in [6.45, 7) is 9.04. The molecule has 0 bridgehead atoms. The smallest absolute Gasteiger partial charge is 0.220 e. The lowest BCUT2D eigenvalue weighted by atomic mass is 9.67. The van der Waals surface area contributed by atoms with Gasteiger partial charge in [-0.1, -0.05) is 20.8 Å². The SMILES string of the molecule is C[C@@H]1C[C@@H](CC(=O)NC[C@@H]2CCCN2C)CC(C)(C)C1. The molecule has 1 aliphatic heterocycles. The van der Waals surface area contributed by atoms with E-state index in [9.17, 15) is 4.79 Å². The minimum Gasteiger partial charge on any atom is -0.355 e. The van der Waals surface area contributed by atoms with Crippen molar-refractivity contribution in [3.05, 3.63) is 0 Å². The van der Waals surface area contributed by atoms with Crippen LogP contribution in [0.25, 0.3) is 0 Å². The van der Waals surface area contributed by atoms with E-state index in [1.165, 1.54) is 38.6 Å². The van der Waals surface area contributed by atoms with Gasteiger partial charge in [-0.15, -0.1) is 0 Å². The molecule has 1 aliphatic carbocycles. The van der Waals surface area contributed by atoms with E-state index >= 15 is 0 Å². The Hall–Kier alpha value is -0.570. The van der Waals surface area contributed by atoms with Gasteiger partial charge in [-0.3, -0.25) is 4.79 Å². The van der Waals surface area contributed by atoms with Crippen LogP contribution in [0.3, 0.4) is 0 Å². The fourth-order valence-electron chi connectivity index (χ4n) is 4.50. The Labute approximate surface area is 124 Å². The molecule has 0 radical (unpaired) electrons. The van der Waals surface area contributed by atoms with E-state index in [1.807, 2.05) is 0 Å². The molecule has 0 spiro atoms. The summed E-state index contributed by atoms with van der Waals surface area (Å²) in [7, 11) is 2.16. The highest BCUT2D eigenvalue weighted by molar-refractivity contribution is 5.76. The van der Waals surface area contributed by atoms with Crippen molar-refractivity contribution in [2.45, 2.75) is 65.3 Å². The van der Waals surface area contributed by atoms with Gasteiger partial charge in [0.1, 0.15) is 0 Å². The first-order valence-corrected chi connectivity index (χ1v) is 8.33. The van der Waals surface area contributed by atoms with Crippen LogP contribution in [-0.2, 0) is 4.79 Å². The Morgan fingerprint density at radius 2 is 2.10 bits per heavy atom. The molecule has 0 aromatic rings. The average molecular weight is 280 g/mol. The molecule has 2 fully saturated rings. The molecule has 3 heteroatoms. The zero-order valence-corrected chi connectivity index (χ0v) is 13.7. The number of nitrogens with one attached hydrogen (secondary N) is 1. The standard InChI is InChI=1S/C17H32N2O/c1-13-8-14(11-17(2,3)10-13)9-16(20)18-12-15-6-5-7-19(15)4/h13-15H,5-12H2,1-4H3,(H,18,20)/t13-,14+,15+/m1/s1. The maximum Gasteiger partial charge on any atom is 0.220 e. The molecule has 1 amide bonds. The number of rotatable bonds is 4. The third kappa shape index (κ3) is 4.47. The van der Waals surface area contributed by atoms with E-state index in [-0.39, 0.29) is 5.91 Å². The molecule has 0 aromatic heterocycles. The maximum absolute atomic E-state index is 12.2. The second kappa shape index (κ2) is 6.46. The van der Waals surface area contributed by atoms with Crippen molar-refractivity contribution in [1.29, 1.82) is 0 Å². The topological polar surface area (TPSA) is 32.3 Å². The number of carbonyl (C=O) groups is 1. The van der Waals surface area contributed by atoms with Crippen molar-refractivity contribution in [2.24, 2.45) is 17.3 Å². The van der Waals surface area contributed by atoms with Gasteiger partial charge in [0.2, 0.25) is 5.91 Å². The summed E-state index contributed by atoms with van der Waals surface area (Å²) in [5.41, 5.74) is 0.411. The van der Waals surface area contributed by atoms with Crippen LogP contribution < -0.4 is 5.32 Å². The first-order valence-electron chi connectivity index (χ1n) is 8.33. The van der Waals surface area contributed by atoms with E-state index in [4.69, 9.17) is 0 Å². The zero-order valence-electron chi connectivity index (χ0n) is 13.7. The summed E-state index contributed by atoms with van der Waals surface area (Å²) >= 11 is 0. The third-order valence-corrected chi connectivity index (χ3v) is 5.16. The molecule has 1 saturated carbocycles. The lowest BCUT2D eigenvalue weighted by molar-refractivity contribution is -0.122. The monoisotopic (exact) mass is 280 g/mol. The quantitative estimate of drug-likeness (QED) is 0.858. The summed E-state index contributed by atoms with van der Waals surface area (Å²) in [5, 5.41) is 3.16. The number of amides is 1. The summed E-state index contributed by atoms with van der Waals surface area (Å²) in [6, 6.07) is 0.556. The molecular formula is C17H32N2O. The van der Waals surface area contributed by atoms with Gasteiger partial charge >= 0.3 is 0 Å². The van der Waals surface area contributed by atoms with Gasteiger partial charge in [0.05, 0.1) is 0 Å². The lowest BCUT2D eigenvalue weighted by Gasteiger charge is -2.38. The molecule has 1 saturated heterocycles. The number of carbonyl (C=O) groups excluding carboxylic acids is 1. The molecule has 0 aromatic carbocycles. The minimum absolute atomic E-state index is 0.264. The van der Waals surface area contributed by atoms with Gasteiger partial charge in [0.25, 0.3) is 0 Å². The summed E-state index contributed by atoms with van der Waals surface area (Å²) in [6.07, 6.45) is 6.95. The molecular weight excluding hydrogens is 248 g/mol. The van der Waals surface area contributed by atoms with Crippen molar-refractivity contribution in [1.82, 2.24) is 10.2 Å². The Kier molecular flexibility index (Phi) is 5.11. The minimum atomic E-state index is 0.264. The van der Waals surface area contributed by atoms with E-state index in [1.54, 1.807) is 0 Å². The van der Waals surface area contributed by atoms with Crippen LogP contribution in [-0.4, -0.2) is 37.0 Å². The molecule has 2 rings (SSSR count). The van der Waals surface area contributed by atoms with Crippen LogP contribution in [0.4, 0.5) is 0 Å². The van der Waals surface area contributed by atoms with Gasteiger partial charge < -0.3 is 10.2 Å². The Balaban J connectivity index is 1.73. The summed E-state index contributed by atoms with van der Waals surface area (Å²) < 4.78 is 0. The van der Waals surface area contributed by atoms with Crippen LogP contribution in [0.15, 0.2) is 0 Å². The Bertz CT molecular complexity index is 340. The van der Waals surface area contributed by atoms with Crippen molar-refractivity contribution in [3.63, 3.8) is 0 Å². The first-order chi connectivity index (χ1) is 9.35. The van der Waals surface area contributed by atoms with E-state index in [0.29, 0.717) is 17.4 Å². The van der Waals surface area contributed by atoms with Crippen LogP contribution in [0.5, 0.6) is 0 Å². The molecule has 2 aliphatic rings. The lowest BCUT2D eigenvalue weighted by Crippen LogP contribution is -2.39. The molecule has 0 unspecified atom stereocenters. The van der Waals surface area contributed by atoms with E-state index in [2.05, 4.69) is 38.0 Å². The highest BCUT2D eigenvalue weighted by Gasteiger charge is 2.33. The molecule has 3 atom stereocenters. The number of likely N-dealkylation sites (tertiary alicyclic amines) is 1. The highest BCUT2D eigenvalue weighted by atomic mass is 16.1. The van der Waals surface area contributed by atoms with Gasteiger partial charge in [-0.05, 0) is 62.9 Å². The predicted molar refractivity (Wildman–Crippen MR) is 83.6 cm³/mol. The second-order valence-corrected chi connectivity index (χ2v) is 8.06. The average Bonchev–Trinajstić information content (AvgIpc) is 2.69. The zero-order chi connectivity index (χ0) is 14.8. The molecule has 116 valence electrons. The second-order valence-electron chi connectivity index (χ2n) is 8.06. The molecule has 1 N–H and O–H groups in total. The number of hydrogen-bond donors (Lipinski definition) is 1. The van der Waals surface area contributed by atoms with Crippen LogP contribution in [0.1, 0.15) is 59.3 Å². The fraction of sp³-hybridized carbons (Fsp3) is 0.941. The van der Waals surface area contributed by atoms with Gasteiger partial charge in [0.15, 0.2) is 0 Å².